The average molecular weight is 463 g/mol. The van der Waals surface area contributed by atoms with Crippen LogP contribution in [-0.4, -0.2) is 28.1 Å². The standard InChI is InChI=1S/C21H20Cl2N4O2S/c1-3-12(2)17(24-18(28)13-6-4-8-15(22)10-13)19(29)25-21-27-26-20(30-21)14-7-5-9-16(23)11-14/h4-12,17H,3H2,1-2H3,(H,24,28)(H,25,27,29). The molecule has 1 aromatic heterocycles. The second-order valence-electron chi connectivity index (χ2n) is 6.76. The molecule has 0 saturated carbocycles. The Morgan fingerprint density at radius 3 is 2.43 bits per heavy atom. The molecule has 6 nitrogen and oxygen atoms in total. The maximum Gasteiger partial charge on any atom is 0.251 e. The van der Waals surface area contributed by atoms with Crippen LogP contribution in [0.1, 0.15) is 30.6 Å². The number of nitrogens with zero attached hydrogens (tertiary/aromatic N) is 2. The van der Waals surface area contributed by atoms with E-state index in [1.54, 1.807) is 36.4 Å². The molecule has 3 aromatic rings. The van der Waals surface area contributed by atoms with E-state index >= 15 is 0 Å². The zero-order valence-electron chi connectivity index (χ0n) is 16.4. The van der Waals surface area contributed by atoms with Crippen LogP contribution >= 0.6 is 34.5 Å². The minimum atomic E-state index is -0.736. The van der Waals surface area contributed by atoms with Gasteiger partial charge >= 0.3 is 0 Å². The van der Waals surface area contributed by atoms with Crippen molar-refractivity contribution >= 4 is 51.5 Å². The number of rotatable bonds is 7. The van der Waals surface area contributed by atoms with Gasteiger partial charge in [0, 0.05) is 21.2 Å². The molecule has 0 fully saturated rings. The second-order valence-corrected chi connectivity index (χ2v) is 8.61. The summed E-state index contributed by atoms with van der Waals surface area (Å²) in [5.74, 6) is -0.809. The van der Waals surface area contributed by atoms with E-state index in [4.69, 9.17) is 23.2 Å². The van der Waals surface area contributed by atoms with Crippen LogP contribution in [0.25, 0.3) is 10.6 Å². The van der Waals surface area contributed by atoms with E-state index in [1.165, 1.54) is 11.3 Å². The normalized spacial score (nSPS) is 12.8. The minimum absolute atomic E-state index is 0.0894. The van der Waals surface area contributed by atoms with Gasteiger partial charge in [-0.25, -0.2) is 0 Å². The predicted molar refractivity (Wildman–Crippen MR) is 121 cm³/mol. The maximum atomic E-state index is 12.9. The Hall–Kier alpha value is -2.48. The smallest absolute Gasteiger partial charge is 0.251 e. The lowest BCUT2D eigenvalue weighted by atomic mass is 9.98. The van der Waals surface area contributed by atoms with Crippen molar-refractivity contribution in [2.75, 3.05) is 5.32 Å². The molecule has 2 amide bonds. The summed E-state index contributed by atoms with van der Waals surface area (Å²) in [6.45, 7) is 3.86. The Bertz CT molecular complexity index is 1060. The molecule has 0 aliphatic carbocycles. The summed E-state index contributed by atoms with van der Waals surface area (Å²) >= 11 is 13.2. The summed E-state index contributed by atoms with van der Waals surface area (Å²) in [7, 11) is 0. The molecule has 3 rings (SSSR count). The maximum absolute atomic E-state index is 12.9. The highest BCUT2D eigenvalue weighted by Crippen LogP contribution is 2.28. The highest BCUT2D eigenvalue weighted by Gasteiger charge is 2.27. The number of anilines is 1. The van der Waals surface area contributed by atoms with Crippen molar-refractivity contribution in [1.29, 1.82) is 0 Å². The van der Waals surface area contributed by atoms with Crippen LogP contribution in [0.2, 0.25) is 10.0 Å². The first-order chi connectivity index (χ1) is 14.4. The lowest BCUT2D eigenvalue weighted by molar-refractivity contribution is -0.119. The zero-order chi connectivity index (χ0) is 21.7. The Morgan fingerprint density at radius 1 is 1.07 bits per heavy atom. The van der Waals surface area contributed by atoms with E-state index in [1.807, 2.05) is 26.0 Å². The first-order valence-electron chi connectivity index (χ1n) is 9.34. The fourth-order valence-corrected chi connectivity index (χ4v) is 3.87. The van der Waals surface area contributed by atoms with Crippen LogP contribution in [0.3, 0.4) is 0 Å². The van der Waals surface area contributed by atoms with Gasteiger partial charge in [-0.05, 0) is 36.2 Å². The number of nitrogens with one attached hydrogen (secondary N) is 2. The lowest BCUT2D eigenvalue weighted by Gasteiger charge is -2.23. The topological polar surface area (TPSA) is 84.0 Å². The summed E-state index contributed by atoms with van der Waals surface area (Å²) in [6, 6.07) is 13.1. The highest BCUT2D eigenvalue weighted by molar-refractivity contribution is 7.18. The Labute approximate surface area is 188 Å². The van der Waals surface area contributed by atoms with Crippen molar-refractivity contribution in [3.05, 3.63) is 64.1 Å². The fraction of sp³-hybridized carbons (Fsp3) is 0.238. The Morgan fingerprint density at radius 2 is 1.77 bits per heavy atom. The summed E-state index contributed by atoms with van der Waals surface area (Å²) in [4.78, 5) is 25.5. The highest BCUT2D eigenvalue weighted by atomic mass is 35.5. The SMILES string of the molecule is CCC(C)C(NC(=O)c1cccc(Cl)c1)C(=O)Nc1nnc(-c2cccc(Cl)c2)s1. The van der Waals surface area contributed by atoms with Crippen LogP contribution in [0.4, 0.5) is 5.13 Å². The van der Waals surface area contributed by atoms with Crippen LogP contribution in [0.15, 0.2) is 48.5 Å². The number of aromatic nitrogens is 2. The first kappa shape index (κ1) is 22.2. The van der Waals surface area contributed by atoms with Gasteiger partial charge in [0.1, 0.15) is 11.0 Å². The van der Waals surface area contributed by atoms with E-state index in [9.17, 15) is 9.59 Å². The van der Waals surface area contributed by atoms with Crippen molar-refractivity contribution in [3.8, 4) is 10.6 Å². The molecule has 9 heteroatoms. The number of carbonyl (C=O) groups excluding carboxylic acids is 2. The minimum Gasteiger partial charge on any atom is -0.340 e. The molecule has 0 radical (unpaired) electrons. The molecule has 0 aliphatic rings. The number of benzene rings is 2. The van der Waals surface area contributed by atoms with E-state index < -0.39 is 6.04 Å². The number of hydrogen-bond donors (Lipinski definition) is 2. The predicted octanol–water partition coefficient (Wildman–Crippen LogP) is 5.30. The van der Waals surface area contributed by atoms with Crippen LogP contribution < -0.4 is 10.6 Å². The van der Waals surface area contributed by atoms with Crippen LogP contribution in [0, 0.1) is 5.92 Å². The third-order valence-corrected chi connectivity index (χ3v) is 5.95. The van der Waals surface area contributed by atoms with Crippen molar-refractivity contribution < 1.29 is 9.59 Å². The fourth-order valence-electron chi connectivity index (χ4n) is 2.75. The van der Waals surface area contributed by atoms with Gasteiger partial charge in [0.15, 0.2) is 0 Å². The number of hydrogen-bond acceptors (Lipinski definition) is 5. The quantitative estimate of drug-likeness (QED) is 0.499. The molecule has 1 heterocycles. The summed E-state index contributed by atoms with van der Waals surface area (Å²) in [5, 5.41) is 15.8. The first-order valence-corrected chi connectivity index (χ1v) is 10.9. The molecule has 0 spiro atoms. The van der Waals surface area contributed by atoms with E-state index in [2.05, 4.69) is 20.8 Å². The molecule has 30 heavy (non-hydrogen) atoms. The van der Waals surface area contributed by atoms with Crippen molar-refractivity contribution in [3.63, 3.8) is 0 Å². The van der Waals surface area contributed by atoms with Gasteiger partial charge in [-0.15, -0.1) is 10.2 Å². The van der Waals surface area contributed by atoms with Gasteiger partial charge in [0.05, 0.1) is 0 Å². The van der Waals surface area contributed by atoms with Crippen LogP contribution in [-0.2, 0) is 4.79 Å². The molecule has 2 atom stereocenters. The van der Waals surface area contributed by atoms with Gasteiger partial charge < -0.3 is 5.32 Å². The number of halogens is 2. The molecule has 0 saturated heterocycles. The molecule has 0 aliphatic heterocycles. The third-order valence-electron chi connectivity index (χ3n) is 4.60. The molecule has 0 bridgehead atoms. The third kappa shape index (κ3) is 5.56. The summed E-state index contributed by atoms with van der Waals surface area (Å²) < 4.78 is 0. The van der Waals surface area contributed by atoms with E-state index in [0.717, 1.165) is 5.56 Å². The molecule has 2 unspecified atom stereocenters. The Balaban J connectivity index is 1.74. The summed E-state index contributed by atoms with van der Waals surface area (Å²) in [5.41, 5.74) is 1.20. The molecule has 156 valence electrons. The molecule has 2 N–H and O–H groups in total. The molecule has 2 aromatic carbocycles. The second kappa shape index (κ2) is 10.0. The molecular weight excluding hydrogens is 443 g/mol. The van der Waals surface area contributed by atoms with E-state index in [0.29, 0.717) is 32.2 Å². The van der Waals surface area contributed by atoms with Gasteiger partial charge in [0.25, 0.3) is 5.91 Å². The zero-order valence-corrected chi connectivity index (χ0v) is 18.7. The average Bonchev–Trinajstić information content (AvgIpc) is 3.19. The van der Waals surface area contributed by atoms with E-state index in [-0.39, 0.29) is 17.7 Å². The van der Waals surface area contributed by atoms with Crippen molar-refractivity contribution in [2.24, 2.45) is 5.92 Å². The van der Waals surface area contributed by atoms with Crippen molar-refractivity contribution in [1.82, 2.24) is 15.5 Å². The number of amides is 2. The largest absolute Gasteiger partial charge is 0.340 e. The van der Waals surface area contributed by atoms with Gasteiger partial charge in [-0.2, -0.15) is 0 Å². The molecular formula is C21H20Cl2N4O2S. The van der Waals surface area contributed by atoms with Crippen LogP contribution in [0.5, 0.6) is 0 Å². The van der Waals surface area contributed by atoms with Gasteiger partial charge in [-0.1, -0.05) is 73.0 Å². The summed E-state index contributed by atoms with van der Waals surface area (Å²) in [6.07, 6.45) is 0.706. The van der Waals surface area contributed by atoms with Crippen molar-refractivity contribution in [2.45, 2.75) is 26.3 Å². The lowest BCUT2D eigenvalue weighted by Crippen LogP contribution is -2.47. The number of carbonyl (C=O) groups is 2. The Kier molecular flexibility index (Phi) is 7.42. The van der Waals surface area contributed by atoms with Gasteiger partial charge in [-0.3, -0.25) is 14.9 Å². The van der Waals surface area contributed by atoms with Gasteiger partial charge in [0.2, 0.25) is 11.0 Å². The monoisotopic (exact) mass is 462 g/mol.